The van der Waals surface area contributed by atoms with Crippen molar-refractivity contribution >= 4 is 0 Å². The molecule has 17 heavy (non-hydrogen) atoms. The fraction of sp³-hybridized carbons (Fsp3) is 0.0833. The van der Waals surface area contributed by atoms with Crippen molar-refractivity contribution in [3.05, 3.63) is 46.4 Å². The van der Waals surface area contributed by atoms with Crippen LogP contribution in [-0.4, -0.2) is 17.1 Å². The molecule has 0 amide bonds. The maximum atomic E-state index is 11.5. The molecule has 0 radical (unpaired) electrons. The second-order valence-corrected chi connectivity index (χ2v) is 3.32. The van der Waals surface area contributed by atoms with E-state index in [0.717, 1.165) is 5.56 Å². The SMILES string of the molecule is COc1cnc(-c2ccc(C#N)cc2)[nH]c1=O. The van der Waals surface area contributed by atoms with E-state index in [9.17, 15) is 4.79 Å². The molecule has 0 saturated heterocycles. The normalized spacial score (nSPS) is 9.65. The molecule has 1 aromatic heterocycles. The molecule has 5 nitrogen and oxygen atoms in total. The molecule has 0 aliphatic heterocycles. The van der Waals surface area contributed by atoms with Crippen LogP contribution in [0, 0.1) is 11.3 Å². The number of nitrogens with one attached hydrogen (secondary N) is 1. The highest BCUT2D eigenvalue weighted by Gasteiger charge is 2.04. The van der Waals surface area contributed by atoms with Crippen molar-refractivity contribution in [1.29, 1.82) is 5.26 Å². The van der Waals surface area contributed by atoms with E-state index in [2.05, 4.69) is 9.97 Å². The van der Waals surface area contributed by atoms with E-state index < -0.39 is 0 Å². The third-order valence-corrected chi connectivity index (χ3v) is 2.27. The summed E-state index contributed by atoms with van der Waals surface area (Å²) in [7, 11) is 1.41. The zero-order valence-electron chi connectivity index (χ0n) is 9.10. The van der Waals surface area contributed by atoms with E-state index in [1.54, 1.807) is 24.3 Å². The molecule has 84 valence electrons. The Morgan fingerprint density at radius 3 is 2.59 bits per heavy atom. The van der Waals surface area contributed by atoms with Crippen LogP contribution in [0.4, 0.5) is 0 Å². The van der Waals surface area contributed by atoms with Gasteiger partial charge in [0.25, 0.3) is 5.56 Å². The maximum absolute atomic E-state index is 11.5. The zero-order chi connectivity index (χ0) is 12.3. The van der Waals surface area contributed by atoms with Gasteiger partial charge in [0.1, 0.15) is 5.82 Å². The lowest BCUT2D eigenvalue weighted by atomic mass is 10.1. The van der Waals surface area contributed by atoms with Crippen molar-refractivity contribution in [2.75, 3.05) is 7.11 Å². The fourth-order valence-corrected chi connectivity index (χ4v) is 1.38. The van der Waals surface area contributed by atoms with E-state index in [1.807, 2.05) is 6.07 Å². The number of hydrogen-bond donors (Lipinski definition) is 1. The third-order valence-electron chi connectivity index (χ3n) is 2.27. The van der Waals surface area contributed by atoms with Gasteiger partial charge in [-0.25, -0.2) is 4.98 Å². The minimum atomic E-state index is -0.332. The quantitative estimate of drug-likeness (QED) is 0.839. The van der Waals surface area contributed by atoms with Crippen LogP contribution in [0.15, 0.2) is 35.3 Å². The largest absolute Gasteiger partial charge is 0.490 e. The van der Waals surface area contributed by atoms with Crippen molar-refractivity contribution in [2.24, 2.45) is 0 Å². The Kier molecular flexibility index (Phi) is 2.88. The number of rotatable bonds is 2. The topological polar surface area (TPSA) is 78.8 Å². The van der Waals surface area contributed by atoms with Gasteiger partial charge < -0.3 is 9.72 Å². The third kappa shape index (κ3) is 2.16. The van der Waals surface area contributed by atoms with Gasteiger partial charge in [-0.2, -0.15) is 5.26 Å². The fourth-order valence-electron chi connectivity index (χ4n) is 1.38. The van der Waals surface area contributed by atoms with Crippen LogP contribution in [0.25, 0.3) is 11.4 Å². The number of ether oxygens (including phenoxy) is 1. The molecule has 0 fully saturated rings. The molecule has 2 rings (SSSR count). The Balaban J connectivity index is 2.43. The van der Waals surface area contributed by atoms with Crippen molar-refractivity contribution in [1.82, 2.24) is 9.97 Å². The summed E-state index contributed by atoms with van der Waals surface area (Å²) in [5.74, 6) is 0.614. The van der Waals surface area contributed by atoms with Gasteiger partial charge in [-0.1, -0.05) is 0 Å². The Labute approximate surface area is 97.3 Å². The summed E-state index contributed by atoms with van der Waals surface area (Å²) in [6, 6.07) is 8.81. The Morgan fingerprint density at radius 1 is 1.35 bits per heavy atom. The summed E-state index contributed by atoms with van der Waals surface area (Å²) in [5, 5.41) is 8.67. The van der Waals surface area contributed by atoms with E-state index in [4.69, 9.17) is 10.00 Å². The Morgan fingerprint density at radius 2 is 2.06 bits per heavy atom. The number of aromatic amines is 1. The molecule has 5 heteroatoms. The summed E-state index contributed by atoms with van der Waals surface area (Å²) < 4.78 is 4.82. The lowest BCUT2D eigenvalue weighted by Crippen LogP contribution is -2.11. The summed E-state index contributed by atoms with van der Waals surface area (Å²) in [6.07, 6.45) is 1.37. The molecule has 1 N–H and O–H groups in total. The molecule has 0 bridgehead atoms. The van der Waals surface area contributed by atoms with Gasteiger partial charge in [-0.3, -0.25) is 4.79 Å². The summed E-state index contributed by atoms with van der Waals surface area (Å²) in [5.41, 5.74) is 0.968. The number of H-pyrrole nitrogens is 1. The lowest BCUT2D eigenvalue weighted by molar-refractivity contribution is 0.406. The molecule has 0 unspecified atom stereocenters. The van der Waals surface area contributed by atoms with Crippen molar-refractivity contribution in [3.8, 4) is 23.2 Å². The molecule has 0 spiro atoms. The summed E-state index contributed by atoms with van der Waals surface area (Å²) >= 11 is 0. The van der Waals surface area contributed by atoms with Crippen LogP contribution < -0.4 is 10.3 Å². The average molecular weight is 227 g/mol. The van der Waals surface area contributed by atoms with E-state index in [-0.39, 0.29) is 11.3 Å². The number of methoxy groups -OCH3 is 1. The molecular formula is C12H9N3O2. The van der Waals surface area contributed by atoms with Gasteiger partial charge in [0.05, 0.1) is 24.9 Å². The van der Waals surface area contributed by atoms with Gasteiger partial charge in [0, 0.05) is 5.56 Å². The Bertz CT molecular complexity index is 623. The second kappa shape index (κ2) is 4.49. The first kappa shape index (κ1) is 10.9. The number of aromatic nitrogens is 2. The average Bonchev–Trinajstić information content (AvgIpc) is 2.39. The van der Waals surface area contributed by atoms with Gasteiger partial charge >= 0.3 is 0 Å². The van der Waals surface area contributed by atoms with Gasteiger partial charge in [-0.05, 0) is 24.3 Å². The van der Waals surface area contributed by atoms with Crippen molar-refractivity contribution < 1.29 is 4.74 Å². The molecule has 0 aliphatic carbocycles. The van der Waals surface area contributed by atoms with Crippen LogP contribution in [0.3, 0.4) is 0 Å². The van der Waals surface area contributed by atoms with Crippen LogP contribution in [0.2, 0.25) is 0 Å². The van der Waals surface area contributed by atoms with Gasteiger partial charge in [-0.15, -0.1) is 0 Å². The highest BCUT2D eigenvalue weighted by Crippen LogP contribution is 2.14. The minimum absolute atomic E-state index is 0.169. The smallest absolute Gasteiger partial charge is 0.293 e. The maximum Gasteiger partial charge on any atom is 0.293 e. The first-order valence-corrected chi connectivity index (χ1v) is 4.88. The van der Waals surface area contributed by atoms with Crippen LogP contribution in [0.5, 0.6) is 5.75 Å². The molecule has 0 atom stereocenters. The van der Waals surface area contributed by atoms with Gasteiger partial charge in [0.2, 0.25) is 5.75 Å². The molecular weight excluding hydrogens is 218 g/mol. The lowest BCUT2D eigenvalue weighted by Gasteiger charge is -2.02. The first-order chi connectivity index (χ1) is 8.24. The number of nitriles is 1. The van der Waals surface area contributed by atoms with Crippen LogP contribution in [-0.2, 0) is 0 Å². The van der Waals surface area contributed by atoms with Gasteiger partial charge in [0.15, 0.2) is 0 Å². The highest BCUT2D eigenvalue weighted by atomic mass is 16.5. The first-order valence-electron chi connectivity index (χ1n) is 4.88. The number of nitrogens with zero attached hydrogens (tertiary/aromatic N) is 2. The van der Waals surface area contributed by atoms with Crippen molar-refractivity contribution in [2.45, 2.75) is 0 Å². The molecule has 0 aliphatic rings. The summed E-state index contributed by atoms with van der Waals surface area (Å²) in [6.45, 7) is 0. The monoisotopic (exact) mass is 227 g/mol. The minimum Gasteiger partial charge on any atom is -0.490 e. The Hall–Kier alpha value is -2.61. The highest BCUT2D eigenvalue weighted by molar-refractivity contribution is 5.56. The number of benzene rings is 1. The standard InChI is InChI=1S/C12H9N3O2/c1-17-10-7-14-11(15-12(10)16)9-4-2-8(6-13)3-5-9/h2-5,7H,1H3,(H,14,15,16). The predicted molar refractivity (Wildman–Crippen MR) is 61.6 cm³/mol. The van der Waals surface area contributed by atoms with Crippen LogP contribution in [0.1, 0.15) is 5.56 Å². The zero-order valence-corrected chi connectivity index (χ0v) is 9.10. The van der Waals surface area contributed by atoms with E-state index in [1.165, 1.54) is 13.3 Å². The second-order valence-electron chi connectivity index (χ2n) is 3.32. The van der Waals surface area contributed by atoms with E-state index >= 15 is 0 Å². The van der Waals surface area contributed by atoms with E-state index in [0.29, 0.717) is 11.4 Å². The summed E-state index contributed by atoms with van der Waals surface area (Å²) in [4.78, 5) is 18.2. The predicted octanol–water partition coefficient (Wildman–Crippen LogP) is 1.32. The van der Waals surface area contributed by atoms with Crippen LogP contribution >= 0.6 is 0 Å². The molecule has 0 saturated carbocycles. The number of hydrogen-bond acceptors (Lipinski definition) is 4. The molecule has 2 aromatic rings. The van der Waals surface area contributed by atoms with Crippen molar-refractivity contribution in [3.63, 3.8) is 0 Å². The molecule has 1 heterocycles. The molecule has 1 aromatic carbocycles.